The molecule has 23 heavy (non-hydrogen) atoms. The molecule has 0 saturated heterocycles. The van der Waals surface area contributed by atoms with E-state index >= 15 is 0 Å². The lowest BCUT2D eigenvalue weighted by Crippen LogP contribution is -2.29. The number of benzene rings is 2. The molecule has 4 heteroatoms. The molecule has 122 valence electrons. The molecule has 3 rings (SSSR count). The summed E-state index contributed by atoms with van der Waals surface area (Å²) in [6.07, 6.45) is 2.51. The van der Waals surface area contributed by atoms with Gasteiger partial charge in [-0.05, 0) is 54.5 Å². The maximum atomic E-state index is 13.1. The van der Waals surface area contributed by atoms with Crippen molar-refractivity contribution in [3.05, 3.63) is 70.8 Å². The predicted octanol–water partition coefficient (Wildman–Crippen LogP) is 3.54. The van der Waals surface area contributed by atoms with Gasteiger partial charge in [0.25, 0.3) is 0 Å². The summed E-state index contributed by atoms with van der Waals surface area (Å²) in [6, 6.07) is 12.1. The molecular formula is C19H21F2NO. The number of hydrogen-bond donors (Lipinski definition) is 2. The van der Waals surface area contributed by atoms with E-state index in [0.717, 1.165) is 18.9 Å². The second-order valence-corrected chi connectivity index (χ2v) is 6.17. The molecule has 2 N–H and O–H groups in total. The number of aryl methyl sites for hydroxylation is 2. The summed E-state index contributed by atoms with van der Waals surface area (Å²) in [5.74, 6) is -1.15. The second kappa shape index (κ2) is 7.20. The molecule has 0 bridgehead atoms. The van der Waals surface area contributed by atoms with Gasteiger partial charge in [0.1, 0.15) is 11.6 Å². The molecule has 0 amide bonds. The van der Waals surface area contributed by atoms with Gasteiger partial charge in [-0.25, -0.2) is 8.78 Å². The molecule has 0 saturated carbocycles. The number of nitrogens with one attached hydrogen (secondary N) is 1. The van der Waals surface area contributed by atoms with Crippen molar-refractivity contribution in [1.29, 1.82) is 0 Å². The van der Waals surface area contributed by atoms with Crippen molar-refractivity contribution in [1.82, 2.24) is 5.32 Å². The Morgan fingerprint density at radius 3 is 2.65 bits per heavy atom. The lowest BCUT2D eigenvalue weighted by atomic mass is 10.1. The van der Waals surface area contributed by atoms with Gasteiger partial charge in [-0.3, -0.25) is 0 Å². The SMILES string of the molecule is O[C@H](CCc1cc(F)cc(F)c1)CN[C@H]1CCc2ccccc21. The topological polar surface area (TPSA) is 32.3 Å². The van der Waals surface area contributed by atoms with Crippen molar-refractivity contribution >= 4 is 0 Å². The lowest BCUT2D eigenvalue weighted by molar-refractivity contribution is 0.157. The molecule has 0 spiro atoms. The fraction of sp³-hybridized carbons (Fsp3) is 0.368. The summed E-state index contributed by atoms with van der Waals surface area (Å²) in [6.45, 7) is 0.483. The molecule has 2 atom stereocenters. The van der Waals surface area contributed by atoms with E-state index in [1.807, 2.05) is 12.1 Å². The minimum absolute atomic E-state index is 0.285. The Balaban J connectivity index is 1.48. The van der Waals surface area contributed by atoms with E-state index in [1.165, 1.54) is 23.3 Å². The van der Waals surface area contributed by atoms with E-state index in [1.54, 1.807) is 0 Å². The van der Waals surface area contributed by atoms with Crippen LogP contribution in [0.25, 0.3) is 0 Å². The maximum Gasteiger partial charge on any atom is 0.126 e. The third kappa shape index (κ3) is 4.15. The van der Waals surface area contributed by atoms with E-state index in [-0.39, 0.29) is 6.04 Å². The maximum absolute atomic E-state index is 13.1. The average Bonchev–Trinajstić information content (AvgIpc) is 2.93. The quantitative estimate of drug-likeness (QED) is 0.854. The normalized spacial score (nSPS) is 18.0. The highest BCUT2D eigenvalue weighted by Crippen LogP contribution is 2.30. The Hall–Kier alpha value is -1.78. The first kappa shape index (κ1) is 16.1. The minimum Gasteiger partial charge on any atom is -0.392 e. The van der Waals surface area contributed by atoms with Crippen LogP contribution in [0.1, 0.15) is 35.6 Å². The van der Waals surface area contributed by atoms with Crippen LogP contribution in [-0.4, -0.2) is 17.8 Å². The van der Waals surface area contributed by atoms with Crippen LogP contribution in [0.5, 0.6) is 0 Å². The van der Waals surface area contributed by atoms with E-state index in [4.69, 9.17) is 0 Å². The third-order valence-corrected chi connectivity index (χ3v) is 4.42. The fourth-order valence-electron chi connectivity index (χ4n) is 3.24. The molecule has 2 nitrogen and oxygen atoms in total. The summed E-state index contributed by atoms with van der Waals surface area (Å²) in [7, 11) is 0. The molecule has 1 aliphatic carbocycles. The lowest BCUT2D eigenvalue weighted by Gasteiger charge is -2.17. The van der Waals surface area contributed by atoms with Gasteiger partial charge in [-0.2, -0.15) is 0 Å². The molecule has 0 heterocycles. The van der Waals surface area contributed by atoms with Crippen LogP contribution >= 0.6 is 0 Å². The van der Waals surface area contributed by atoms with E-state index in [0.29, 0.717) is 24.9 Å². The summed E-state index contributed by atoms with van der Waals surface area (Å²) < 4.78 is 26.3. The Morgan fingerprint density at radius 2 is 1.87 bits per heavy atom. The van der Waals surface area contributed by atoms with Gasteiger partial charge < -0.3 is 10.4 Å². The third-order valence-electron chi connectivity index (χ3n) is 4.42. The van der Waals surface area contributed by atoms with Crippen LogP contribution in [0.3, 0.4) is 0 Å². The molecule has 0 fully saturated rings. The van der Waals surface area contributed by atoms with Crippen LogP contribution in [-0.2, 0) is 12.8 Å². The van der Waals surface area contributed by atoms with Crippen molar-refractivity contribution in [2.24, 2.45) is 0 Å². The molecular weight excluding hydrogens is 296 g/mol. The summed E-state index contributed by atoms with van der Waals surface area (Å²) in [5, 5.41) is 13.5. The minimum atomic E-state index is -0.574. The highest BCUT2D eigenvalue weighted by Gasteiger charge is 2.21. The standard InChI is InChI=1S/C19H21F2NO/c20-15-9-13(10-16(21)11-15)5-7-17(23)12-22-19-8-6-14-3-1-2-4-18(14)19/h1-4,9-11,17,19,22-23H,5-8,12H2/t17-,19+/m1/s1. The average molecular weight is 317 g/mol. The van der Waals surface area contributed by atoms with Gasteiger partial charge in [-0.15, -0.1) is 0 Å². The largest absolute Gasteiger partial charge is 0.392 e. The highest BCUT2D eigenvalue weighted by molar-refractivity contribution is 5.34. The fourth-order valence-corrected chi connectivity index (χ4v) is 3.24. The van der Waals surface area contributed by atoms with Gasteiger partial charge in [-0.1, -0.05) is 24.3 Å². The number of halogens is 2. The second-order valence-electron chi connectivity index (χ2n) is 6.17. The summed E-state index contributed by atoms with van der Waals surface area (Å²) in [4.78, 5) is 0. The van der Waals surface area contributed by atoms with Gasteiger partial charge in [0, 0.05) is 18.7 Å². The van der Waals surface area contributed by atoms with E-state index in [9.17, 15) is 13.9 Å². The molecule has 0 unspecified atom stereocenters. The number of aliphatic hydroxyl groups is 1. The summed E-state index contributed by atoms with van der Waals surface area (Å²) >= 11 is 0. The monoisotopic (exact) mass is 317 g/mol. The molecule has 2 aromatic carbocycles. The van der Waals surface area contributed by atoms with E-state index in [2.05, 4.69) is 17.4 Å². The zero-order valence-corrected chi connectivity index (χ0v) is 12.9. The van der Waals surface area contributed by atoms with Crippen molar-refractivity contribution in [3.8, 4) is 0 Å². The summed E-state index contributed by atoms with van der Waals surface area (Å²) in [5.41, 5.74) is 3.26. The molecule has 2 aromatic rings. The van der Waals surface area contributed by atoms with Crippen LogP contribution in [0.2, 0.25) is 0 Å². The number of fused-ring (bicyclic) bond motifs is 1. The van der Waals surface area contributed by atoms with Crippen molar-refractivity contribution < 1.29 is 13.9 Å². The first-order valence-corrected chi connectivity index (χ1v) is 8.06. The van der Waals surface area contributed by atoms with Crippen LogP contribution in [0.15, 0.2) is 42.5 Å². The van der Waals surface area contributed by atoms with Crippen molar-refractivity contribution in [3.63, 3.8) is 0 Å². The van der Waals surface area contributed by atoms with Gasteiger partial charge in [0.2, 0.25) is 0 Å². The number of hydrogen-bond acceptors (Lipinski definition) is 2. The number of rotatable bonds is 6. The Labute approximate surface area is 135 Å². The van der Waals surface area contributed by atoms with Crippen molar-refractivity contribution in [2.45, 2.75) is 37.8 Å². The predicted molar refractivity (Wildman–Crippen MR) is 86.2 cm³/mol. The number of aliphatic hydroxyl groups excluding tert-OH is 1. The van der Waals surface area contributed by atoms with Crippen molar-refractivity contribution in [2.75, 3.05) is 6.54 Å². The first-order chi connectivity index (χ1) is 11.1. The highest BCUT2D eigenvalue weighted by atomic mass is 19.1. The zero-order chi connectivity index (χ0) is 16.2. The van der Waals surface area contributed by atoms with E-state index < -0.39 is 17.7 Å². The van der Waals surface area contributed by atoms with Gasteiger partial charge >= 0.3 is 0 Å². The Bertz CT molecular complexity index is 654. The van der Waals surface area contributed by atoms with Crippen LogP contribution in [0.4, 0.5) is 8.78 Å². The van der Waals surface area contributed by atoms with Gasteiger partial charge in [0.15, 0.2) is 0 Å². The molecule has 1 aliphatic rings. The first-order valence-electron chi connectivity index (χ1n) is 8.06. The zero-order valence-electron chi connectivity index (χ0n) is 12.9. The molecule has 0 aromatic heterocycles. The van der Waals surface area contributed by atoms with Gasteiger partial charge in [0.05, 0.1) is 6.10 Å². The van der Waals surface area contributed by atoms with Crippen LogP contribution < -0.4 is 5.32 Å². The van der Waals surface area contributed by atoms with Crippen LogP contribution in [0, 0.1) is 11.6 Å². The molecule has 0 radical (unpaired) electrons. The smallest absolute Gasteiger partial charge is 0.126 e. The Kier molecular flexibility index (Phi) is 5.03. The molecule has 0 aliphatic heterocycles. The Morgan fingerprint density at radius 1 is 1.13 bits per heavy atom.